The molecule has 0 spiro atoms. The summed E-state index contributed by atoms with van der Waals surface area (Å²) in [5.41, 5.74) is 0. The fourth-order valence-corrected chi connectivity index (χ4v) is 1.37. The highest BCUT2D eigenvalue weighted by atomic mass is 16.5. The van der Waals surface area contributed by atoms with Gasteiger partial charge in [-0.25, -0.2) is 9.59 Å². The van der Waals surface area contributed by atoms with Crippen LogP contribution in [0.5, 0.6) is 0 Å². The molecule has 6 nitrogen and oxygen atoms in total. The third kappa shape index (κ3) is 3.69. The Kier molecular flexibility index (Phi) is 5.04. The monoisotopic (exact) mass is 230 g/mol. The van der Waals surface area contributed by atoms with E-state index in [0.717, 1.165) is 0 Å². The molecule has 1 rings (SSSR count). The normalized spacial score (nSPS) is 17.8. The van der Waals surface area contributed by atoms with Crippen molar-refractivity contribution in [1.82, 2.24) is 10.2 Å². The first-order valence-corrected chi connectivity index (χ1v) is 5.45. The van der Waals surface area contributed by atoms with Crippen molar-refractivity contribution in [3.8, 4) is 0 Å². The average molecular weight is 230 g/mol. The van der Waals surface area contributed by atoms with E-state index in [1.807, 2.05) is 0 Å². The number of nitrogens with one attached hydrogen (secondary N) is 1. The number of urea groups is 1. The predicted molar refractivity (Wildman–Crippen MR) is 57.0 cm³/mol. The van der Waals surface area contributed by atoms with Gasteiger partial charge in [-0.15, -0.1) is 0 Å². The summed E-state index contributed by atoms with van der Waals surface area (Å²) in [5, 5.41) is 2.59. The van der Waals surface area contributed by atoms with E-state index in [9.17, 15) is 9.59 Å². The molecule has 1 aliphatic heterocycles. The average Bonchev–Trinajstić information content (AvgIpc) is 2.30. The van der Waals surface area contributed by atoms with Gasteiger partial charge in [-0.05, 0) is 13.8 Å². The molecule has 0 saturated carbocycles. The van der Waals surface area contributed by atoms with Crippen molar-refractivity contribution in [2.45, 2.75) is 19.9 Å². The van der Waals surface area contributed by atoms with Crippen molar-refractivity contribution < 1.29 is 19.1 Å². The van der Waals surface area contributed by atoms with E-state index in [1.165, 1.54) is 0 Å². The van der Waals surface area contributed by atoms with Crippen LogP contribution >= 0.6 is 0 Å². The molecule has 16 heavy (non-hydrogen) atoms. The van der Waals surface area contributed by atoms with Gasteiger partial charge in [-0.3, -0.25) is 0 Å². The molecule has 0 aromatic heterocycles. The van der Waals surface area contributed by atoms with Crippen LogP contribution < -0.4 is 5.32 Å². The van der Waals surface area contributed by atoms with Crippen LogP contribution in [0.25, 0.3) is 0 Å². The summed E-state index contributed by atoms with van der Waals surface area (Å²) in [4.78, 5) is 24.6. The quantitative estimate of drug-likeness (QED) is 0.692. The maximum atomic E-state index is 11.7. The molecule has 0 aliphatic carbocycles. The number of esters is 1. The van der Waals surface area contributed by atoms with Gasteiger partial charge in [0.2, 0.25) is 0 Å². The summed E-state index contributed by atoms with van der Waals surface area (Å²) in [6.45, 7) is 5.85. The molecule has 1 fully saturated rings. The Morgan fingerprint density at radius 3 is 2.62 bits per heavy atom. The first-order chi connectivity index (χ1) is 7.65. The summed E-state index contributed by atoms with van der Waals surface area (Å²) in [7, 11) is 0. The zero-order chi connectivity index (χ0) is 12.0. The Morgan fingerprint density at radius 2 is 2.06 bits per heavy atom. The predicted octanol–water partition coefficient (Wildman–Crippen LogP) is -0.0202. The first kappa shape index (κ1) is 12.8. The van der Waals surface area contributed by atoms with Crippen molar-refractivity contribution in [1.29, 1.82) is 0 Å². The second kappa shape index (κ2) is 6.32. The Labute approximate surface area is 94.9 Å². The van der Waals surface area contributed by atoms with E-state index in [1.54, 1.807) is 18.7 Å². The van der Waals surface area contributed by atoms with E-state index in [-0.39, 0.29) is 6.03 Å². The minimum Gasteiger partial charge on any atom is -0.464 e. The molecular weight excluding hydrogens is 212 g/mol. The van der Waals surface area contributed by atoms with Gasteiger partial charge in [-0.1, -0.05) is 0 Å². The van der Waals surface area contributed by atoms with Crippen LogP contribution in [-0.2, 0) is 14.3 Å². The zero-order valence-electron chi connectivity index (χ0n) is 9.69. The SMILES string of the molecule is CCOC(=O)C(C)NC(=O)N1CCOCC1. The van der Waals surface area contributed by atoms with E-state index < -0.39 is 12.0 Å². The molecule has 1 unspecified atom stereocenters. The smallest absolute Gasteiger partial charge is 0.328 e. The standard InChI is InChI=1S/C10H18N2O4/c1-3-16-9(13)8(2)11-10(14)12-4-6-15-7-5-12/h8H,3-7H2,1-2H3,(H,11,14). The summed E-state index contributed by atoms with van der Waals surface area (Å²) in [6.07, 6.45) is 0. The maximum Gasteiger partial charge on any atom is 0.328 e. The highest BCUT2D eigenvalue weighted by Gasteiger charge is 2.21. The van der Waals surface area contributed by atoms with E-state index in [2.05, 4.69) is 5.32 Å². The molecular formula is C10H18N2O4. The van der Waals surface area contributed by atoms with Gasteiger partial charge in [0.1, 0.15) is 6.04 Å². The van der Waals surface area contributed by atoms with Crippen molar-refractivity contribution in [2.24, 2.45) is 0 Å². The minimum absolute atomic E-state index is 0.246. The minimum atomic E-state index is -0.615. The number of carbonyl (C=O) groups excluding carboxylic acids is 2. The number of hydrogen-bond acceptors (Lipinski definition) is 4. The second-order valence-electron chi connectivity index (χ2n) is 3.52. The fraction of sp³-hybridized carbons (Fsp3) is 0.800. The van der Waals surface area contributed by atoms with E-state index in [4.69, 9.17) is 9.47 Å². The lowest BCUT2D eigenvalue weighted by atomic mass is 10.3. The number of ether oxygens (including phenoxy) is 2. The van der Waals surface area contributed by atoms with Crippen LogP contribution in [0.15, 0.2) is 0 Å². The molecule has 6 heteroatoms. The largest absolute Gasteiger partial charge is 0.464 e. The van der Waals surface area contributed by atoms with Crippen LogP contribution in [0, 0.1) is 0 Å². The van der Waals surface area contributed by atoms with Crippen LogP contribution in [0.4, 0.5) is 4.79 Å². The van der Waals surface area contributed by atoms with Gasteiger partial charge in [0, 0.05) is 13.1 Å². The molecule has 92 valence electrons. The first-order valence-electron chi connectivity index (χ1n) is 5.45. The Morgan fingerprint density at radius 1 is 1.44 bits per heavy atom. The van der Waals surface area contributed by atoms with E-state index >= 15 is 0 Å². The lowest BCUT2D eigenvalue weighted by Gasteiger charge is -2.27. The lowest BCUT2D eigenvalue weighted by molar-refractivity contribution is -0.144. The molecule has 1 atom stereocenters. The van der Waals surface area contributed by atoms with Crippen LogP contribution in [-0.4, -0.2) is 55.9 Å². The number of carbonyl (C=O) groups is 2. The van der Waals surface area contributed by atoms with Gasteiger partial charge in [0.15, 0.2) is 0 Å². The molecule has 1 N–H and O–H groups in total. The summed E-state index contributed by atoms with van der Waals surface area (Å²) in [5.74, 6) is -0.413. The van der Waals surface area contributed by atoms with Gasteiger partial charge in [-0.2, -0.15) is 0 Å². The Bertz CT molecular complexity index is 251. The van der Waals surface area contributed by atoms with Crippen molar-refractivity contribution >= 4 is 12.0 Å². The van der Waals surface area contributed by atoms with Crippen molar-refractivity contribution in [3.63, 3.8) is 0 Å². The summed E-state index contributed by atoms with van der Waals surface area (Å²) < 4.78 is 9.92. The number of morpholine rings is 1. The maximum absolute atomic E-state index is 11.7. The third-order valence-corrected chi connectivity index (χ3v) is 2.28. The molecule has 0 aromatic rings. The summed E-state index contributed by atoms with van der Waals surface area (Å²) >= 11 is 0. The summed E-state index contributed by atoms with van der Waals surface area (Å²) in [6, 6.07) is -0.862. The lowest BCUT2D eigenvalue weighted by Crippen LogP contribution is -2.50. The topological polar surface area (TPSA) is 67.9 Å². The zero-order valence-corrected chi connectivity index (χ0v) is 9.69. The second-order valence-corrected chi connectivity index (χ2v) is 3.52. The molecule has 1 aliphatic rings. The molecule has 2 amide bonds. The van der Waals surface area contributed by atoms with Crippen molar-refractivity contribution in [3.05, 3.63) is 0 Å². The molecule has 0 bridgehead atoms. The molecule has 1 heterocycles. The van der Waals surface area contributed by atoms with Crippen LogP contribution in [0.3, 0.4) is 0 Å². The number of amides is 2. The van der Waals surface area contributed by atoms with Crippen molar-refractivity contribution in [2.75, 3.05) is 32.9 Å². The van der Waals surface area contributed by atoms with Gasteiger partial charge < -0.3 is 19.7 Å². The molecule has 1 saturated heterocycles. The van der Waals surface area contributed by atoms with Crippen LogP contribution in [0.2, 0.25) is 0 Å². The van der Waals surface area contributed by atoms with Crippen LogP contribution in [0.1, 0.15) is 13.8 Å². The highest BCUT2D eigenvalue weighted by Crippen LogP contribution is 1.98. The Hall–Kier alpha value is -1.30. The molecule has 0 radical (unpaired) electrons. The highest BCUT2D eigenvalue weighted by molar-refractivity contribution is 5.83. The fourth-order valence-electron chi connectivity index (χ4n) is 1.37. The number of hydrogen-bond donors (Lipinski definition) is 1. The van der Waals surface area contributed by atoms with Gasteiger partial charge in [0.05, 0.1) is 19.8 Å². The third-order valence-electron chi connectivity index (χ3n) is 2.28. The van der Waals surface area contributed by atoms with Gasteiger partial charge >= 0.3 is 12.0 Å². The number of rotatable bonds is 3. The van der Waals surface area contributed by atoms with E-state index in [0.29, 0.717) is 32.9 Å². The Balaban J connectivity index is 2.34. The number of nitrogens with zero attached hydrogens (tertiary/aromatic N) is 1. The molecule has 0 aromatic carbocycles. The van der Waals surface area contributed by atoms with Gasteiger partial charge in [0.25, 0.3) is 0 Å².